The van der Waals surface area contributed by atoms with Gasteiger partial charge in [0.15, 0.2) is 0 Å². The molecular formula is C15H29NO. The number of unbranched alkanes of at least 4 members (excludes halogenated alkanes) is 1. The van der Waals surface area contributed by atoms with Crippen molar-refractivity contribution in [1.29, 1.82) is 0 Å². The maximum absolute atomic E-state index is 5.94. The lowest BCUT2D eigenvalue weighted by Crippen LogP contribution is -2.30. The molecule has 0 fully saturated rings. The van der Waals surface area contributed by atoms with Crippen LogP contribution in [0.3, 0.4) is 0 Å². The molecule has 0 aromatic rings. The molecule has 0 radical (unpaired) electrons. The van der Waals surface area contributed by atoms with Crippen LogP contribution < -0.4 is 5.32 Å². The minimum atomic E-state index is 0.338. The minimum absolute atomic E-state index is 0.338. The lowest BCUT2D eigenvalue weighted by atomic mass is 9.85. The van der Waals surface area contributed by atoms with E-state index in [-0.39, 0.29) is 0 Å². The van der Waals surface area contributed by atoms with Gasteiger partial charge in [0, 0.05) is 6.54 Å². The molecule has 0 saturated heterocycles. The Bertz CT molecular complexity index is 215. The zero-order valence-corrected chi connectivity index (χ0v) is 11.7. The maximum atomic E-state index is 5.94. The SMILES string of the molecule is CCCCNCC(C)OCC1CC=CCC1C. The summed E-state index contributed by atoms with van der Waals surface area (Å²) < 4.78 is 5.94. The van der Waals surface area contributed by atoms with Crippen LogP contribution in [0.2, 0.25) is 0 Å². The Labute approximate surface area is 107 Å². The van der Waals surface area contributed by atoms with Gasteiger partial charge in [0.25, 0.3) is 0 Å². The predicted octanol–water partition coefficient (Wildman–Crippen LogP) is 3.38. The van der Waals surface area contributed by atoms with Crippen LogP contribution in [-0.2, 0) is 4.74 Å². The summed E-state index contributed by atoms with van der Waals surface area (Å²) in [6.07, 6.45) is 9.87. The second kappa shape index (κ2) is 8.71. The van der Waals surface area contributed by atoms with Gasteiger partial charge in [-0.2, -0.15) is 0 Å². The fraction of sp³-hybridized carbons (Fsp3) is 0.867. The molecule has 0 aromatic carbocycles. The normalized spacial score (nSPS) is 26.1. The average molecular weight is 239 g/mol. The Kier molecular flexibility index (Phi) is 7.54. The molecule has 0 amide bonds. The molecule has 1 aliphatic carbocycles. The molecular weight excluding hydrogens is 210 g/mol. The first-order valence-corrected chi connectivity index (χ1v) is 7.21. The van der Waals surface area contributed by atoms with Crippen molar-refractivity contribution in [1.82, 2.24) is 5.32 Å². The molecule has 100 valence electrons. The summed E-state index contributed by atoms with van der Waals surface area (Å²) in [5.74, 6) is 1.50. The minimum Gasteiger partial charge on any atom is -0.377 e. The quantitative estimate of drug-likeness (QED) is 0.518. The highest BCUT2D eigenvalue weighted by molar-refractivity contribution is 4.93. The van der Waals surface area contributed by atoms with Gasteiger partial charge in [-0.15, -0.1) is 0 Å². The molecule has 1 N–H and O–H groups in total. The van der Waals surface area contributed by atoms with Crippen LogP contribution in [-0.4, -0.2) is 25.8 Å². The van der Waals surface area contributed by atoms with E-state index in [2.05, 4.69) is 38.2 Å². The molecule has 0 spiro atoms. The zero-order valence-electron chi connectivity index (χ0n) is 11.7. The molecule has 0 heterocycles. The van der Waals surface area contributed by atoms with Crippen LogP contribution >= 0.6 is 0 Å². The Morgan fingerprint density at radius 2 is 2.12 bits per heavy atom. The summed E-state index contributed by atoms with van der Waals surface area (Å²) in [6, 6.07) is 0. The summed E-state index contributed by atoms with van der Waals surface area (Å²) in [6.45, 7) is 9.75. The molecule has 0 saturated carbocycles. The third-order valence-electron chi connectivity index (χ3n) is 3.65. The highest BCUT2D eigenvalue weighted by Gasteiger charge is 2.19. The molecule has 0 aromatic heterocycles. The van der Waals surface area contributed by atoms with Crippen LogP contribution in [0.4, 0.5) is 0 Å². The van der Waals surface area contributed by atoms with E-state index >= 15 is 0 Å². The summed E-state index contributed by atoms with van der Waals surface area (Å²) in [5.41, 5.74) is 0. The van der Waals surface area contributed by atoms with Gasteiger partial charge in [0.2, 0.25) is 0 Å². The Morgan fingerprint density at radius 1 is 1.35 bits per heavy atom. The van der Waals surface area contributed by atoms with Gasteiger partial charge in [-0.1, -0.05) is 32.4 Å². The van der Waals surface area contributed by atoms with Gasteiger partial charge in [-0.3, -0.25) is 0 Å². The predicted molar refractivity (Wildman–Crippen MR) is 74.2 cm³/mol. The topological polar surface area (TPSA) is 21.3 Å². The molecule has 17 heavy (non-hydrogen) atoms. The van der Waals surface area contributed by atoms with Crippen molar-refractivity contribution < 1.29 is 4.74 Å². The molecule has 1 rings (SSSR count). The first kappa shape index (κ1) is 14.7. The van der Waals surface area contributed by atoms with E-state index in [0.29, 0.717) is 6.10 Å². The Morgan fingerprint density at radius 3 is 2.82 bits per heavy atom. The first-order valence-electron chi connectivity index (χ1n) is 7.21. The third kappa shape index (κ3) is 6.23. The zero-order chi connectivity index (χ0) is 12.5. The maximum Gasteiger partial charge on any atom is 0.0671 e. The van der Waals surface area contributed by atoms with Crippen molar-refractivity contribution in [3.8, 4) is 0 Å². The van der Waals surface area contributed by atoms with E-state index in [0.717, 1.165) is 31.5 Å². The van der Waals surface area contributed by atoms with Crippen molar-refractivity contribution in [2.24, 2.45) is 11.8 Å². The van der Waals surface area contributed by atoms with Crippen molar-refractivity contribution in [3.63, 3.8) is 0 Å². The number of nitrogens with one attached hydrogen (secondary N) is 1. The number of rotatable bonds is 8. The highest BCUT2D eigenvalue weighted by atomic mass is 16.5. The van der Waals surface area contributed by atoms with E-state index in [9.17, 15) is 0 Å². The molecule has 1 aliphatic rings. The number of hydrogen-bond donors (Lipinski definition) is 1. The Hall–Kier alpha value is -0.340. The monoisotopic (exact) mass is 239 g/mol. The summed E-state index contributed by atoms with van der Waals surface area (Å²) in [4.78, 5) is 0. The summed E-state index contributed by atoms with van der Waals surface area (Å²) in [7, 11) is 0. The second-order valence-corrected chi connectivity index (χ2v) is 5.38. The molecule has 0 aliphatic heterocycles. The fourth-order valence-corrected chi connectivity index (χ4v) is 2.19. The molecule has 2 nitrogen and oxygen atoms in total. The third-order valence-corrected chi connectivity index (χ3v) is 3.65. The number of allylic oxidation sites excluding steroid dienone is 2. The standard InChI is InChI=1S/C15H29NO/c1-4-5-10-16-11-14(3)17-12-15-9-7-6-8-13(15)2/h6-7,13-16H,4-5,8-12H2,1-3H3. The fourth-order valence-electron chi connectivity index (χ4n) is 2.19. The van der Waals surface area contributed by atoms with Crippen LogP contribution in [0, 0.1) is 11.8 Å². The van der Waals surface area contributed by atoms with Crippen LogP contribution in [0.15, 0.2) is 12.2 Å². The van der Waals surface area contributed by atoms with Gasteiger partial charge in [0.1, 0.15) is 0 Å². The van der Waals surface area contributed by atoms with E-state index in [1.807, 2.05) is 0 Å². The smallest absolute Gasteiger partial charge is 0.0671 e. The van der Waals surface area contributed by atoms with Crippen molar-refractivity contribution >= 4 is 0 Å². The average Bonchev–Trinajstić information content (AvgIpc) is 2.34. The first-order chi connectivity index (χ1) is 8.24. The van der Waals surface area contributed by atoms with E-state index < -0.39 is 0 Å². The molecule has 0 bridgehead atoms. The largest absolute Gasteiger partial charge is 0.377 e. The van der Waals surface area contributed by atoms with Crippen LogP contribution in [0.5, 0.6) is 0 Å². The molecule has 3 atom stereocenters. The van der Waals surface area contributed by atoms with Gasteiger partial charge >= 0.3 is 0 Å². The van der Waals surface area contributed by atoms with Crippen LogP contribution in [0.1, 0.15) is 46.5 Å². The van der Waals surface area contributed by atoms with Gasteiger partial charge < -0.3 is 10.1 Å². The molecule has 3 unspecified atom stereocenters. The van der Waals surface area contributed by atoms with Crippen molar-refractivity contribution in [3.05, 3.63) is 12.2 Å². The lowest BCUT2D eigenvalue weighted by Gasteiger charge is -2.26. The van der Waals surface area contributed by atoms with Crippen LogP contribution in [0.25, 0.3) is 0 Å². The number of ether oxygens (including phenoxy) is 1. The van der Waals surface area contributed by atoms with Crippen molar-refractivity contribution in [2.45, 2.75) is 52.6 Å². The molecule has 2 heteroatoms. The summed E-state index contributed by atoms with van der Waals surface area (Å²) in [5, 5.41) is 3.45. The summed E-state index contributed by atoms with van der Waals surface area (Å²) >= 11 is 0. The van der Waals surface area contributed by atoms with E-state index in [4.69, 9.17) is 4.74 Å². The van der Waals surface area contributed by atoms with Gasteiger partial charge in [-0.25, -0.2) is 0 Å². The second-order valence-electron chi connectivity index (χ2n) is 5.38. The lowest BCUT2D eigenvalue weighted by molar-refractivity contribution is 0.0270. The Balaban J connectivity index is 2.06. The van der Waals surface area contributed by atoms with E-state index in [1.54, 1.807) is 0 Å². The number of hydrogen-bond acceptors (Lipinski definition) is 2. The highest BCUT2D eigenvalue weighted by Crippen LogP contribution is 2.25. The van der Waals surface area contributed by atoms with Crippen molar-refractivity contribution in [2.75, 3.05) is 19.7 Å². The van der Waals surface area contributed by atoms with E-state index in [1.165, 1.54) is 25.7 Å². The van der Waals surface area contributed by atoms with Gasteiger partial charge in [0.05, 0.1) is 12.7 Å². The van der Waals surface area contributed by atoms with Gasteiger partial charge in [-0.05, 0) is 44.6 Å².